The highest BCUT2D eigenvalue weighted by Gasteiger charge is 2.16. The second kappa shape index (κ2) is 6.78. The summed E-state index contributed by atoms with van der Waals surface area (Å²) in [5.41, 5.74) is 7.38. The Morgan fingerprint density at radius 2 is 1.55 bits per heavy atom. The van der Waals surface area contributed by atoms with Crippen LogP contribution in [0.3, 0.4) is 0 Å². The first-order valence-corrected chi connectivity index (χ1v) is 7.22. The van der Waals surface area contributed by atoms with E-state index >= 15 is 0 Å². The van der Waals surface area contributed by atoms with Gasteiger partial charge in [-0.2, -0.15) is 21.9 Å². The van der Waals surface area contributed by atoms with Gasteiger partial charge in [-0.25, -0.2) is 0 Å². The highest BCUT2D eigenvalue weighted by molar-refractivity contribution is 7.87. The predicted octanol–water partition coefficient (Wildman–Crippen LogP) is 2.33. The summed E-state index contributed by atoms with van der Waals surface area (Å²) in [5.74, 6) is 0.276. The predicted molar refractivity (Wildman–Crippen MR) is 83.7 cm³/mol. The monoisotopic (exact) mass is 311 g/mol. The second-order valence-electron chi connectivity index (χ2n) is 4.20. The second-order valence-corrected chi connectivity index (χ2v) is 5.74. The van der Waals surface area contributed by atoms with Crippen molar-refractivity contribution >= 4 is 23.6 Å². The van der Waals surface area contributed by atoms with Crippen LogP contribution >= 0.6 is 13.5 Å². The van der Waals surface area contributed by atoms with E-state index in [-0.39, 0.29) is 24.1 Å². The van der Waals surface area contributed by atoms with Crippen LogP contribution in [0.4, 0.5) is 0 Å². The lowest BCUT2D eigenvalue weighted by molar-refractivity contribution is 0.486. The molecule has 0 aliphatic rings. The van der Waals surface area contributed by atoms with Gasteiger partial charge >= 0.3 is 10.1 Å². The Bertz CT molecular complexity index is 650. The molecule has 0 aromatic heterocycles. The van der Waals surface area contributed by atoms with Gasteiger partial charge in [-0.05, 0) is 36.8 Å². The van der Waals surface area contributed by atoms with Crippen LogP contribution in [0.2, 0.25) is 0 Å². The van der Waals surface area contributed by atoms with Crippen molar-refractivity contribution in [2.24, 2.45) is 5.73 Å². The molecular weight excluding hydrogens is 294 g/mol. The van der Waals surface area contributed by atoms with E-state index in [0.29, 0.717) is 6.54 Å². The van der Waals surface area contributed by atoms with Crippen LogP contribution in [-0.2, 0) is 16.7 Å². The third-order valence-corrected chi connectivity index (χ3v) is 3.94. The molecule has 0 unspecified atom stereocenters. The van der Waals surface area contributed by atoms with Crippen molar-refractivity contribution in [3.8, 4) is 5.75 Å². The number of hydrogen-bond donors (Lipinski definition) is 1. The summed E-state index contributed by atoms with van der Waals surface area (Å²) in [7, 11) is -3.78. The lowest BCUT2D eigenvalue weighted by Gasteiger charge is -2.07. The number of benzene rings is 2. The summed E-state index contributed by atoms with van der Waals surface area (Å²) >= 11 is 0. The first-order valence-electron chi connectivity index (χ1n) is 5.81. The molecule has 2 aromatic carbocycles. The Morgan fingerprint density at radius 3 is 2.05 bits per heavy atom. The van der Waals surface area contributed by atoms with Crippen LogP contribution in [0.1, 0.15) is 11.1 Å². The topological polar surface area (TPSA) is 69.4 Å². The maximum Gasteiger partial charge on any atom is 0.339 e. The molecule has 0 bridgehead atoms. The number of aryl methyl sites for hydroxylation is 1. The van der Waals surface area contributed by atoms with E-state index in [1.54, 1.807) is 36.4 Å². The number of hydrogen-bond acceptors (Lipinski definition) is 4. The van der Waals surface area contributed by atoms with Gasteiger partial charge < -0.3 is 9.92 Å². The van der Waals surface area contributed by atoms with Gasteiger partial charge in [-0.3, -0.25) is 0 Å². The molecule has 20 heavy (non-hydrogen) atoms. The van der Waals surface area contributed by atoms with Gasteiger partial charge in [0.05, 0.1) is 0 Å². The molecule has 2 rings (SSSR count). The fourth-order valence-electron chi connectivity index (χ4n) is 1.56. The molecule has 0 radical (unpaired) electrons. The molecule has 0 heterocycles. The minimum Gasteiger partial charge on any atom is -0.379 e. The summed E-state index contributed by atoms with van der Waals surface area (Å²) in [6.07, 6.45) is 0. The average molecular weight is 311 g/mol. The zero-order valence-electron chi connectivity index (χ0n) is 11.0. The highest BCUT2D eigenvalue weighted by Crippen LogP contribution is 2.19. The number of nitrogens with two attached hydrogens (primary N) is 1. The van der Waals surface area contributed by atoms with Gasteiger partial charge in [-0.1, -0.05) is 29.8 Å². The van der Waals surface area contributed by atoms with Crippen LogP contribution in [-0.4, -0.2) is 8.42 Å². The average Bonchev–Trinajstić information content (AvgIpc) is 2.40. The zero-order valence-corrected chi connectivity index (χ0v) is 12.9. The lowest BCUT2D eigenvalue weighted by Crippen LogP contribution is -2.09. The molecule has 2 aromatic rings. The molecule has 0 fully saturated rings. The van der Waals surface area contributed by atoms with Crippen molar-refractivity contribution in [1.29, 1.82) is 0 Å². The van der Waals surface area contributed by atoms with E-state index in [1.807, 2.05) is 6.92 Å². The molecular formula is C14H17NO3S2. The van der Waals surface area contributed by atoms with Crippen LogP contribution in [0.5, 0.6) is 5.75 Å². The molecule has 0 saturated carbocycles. The SMILES string of the molecule is Cc1ccc(S(=O)(=O)Oc2ccc(CN)cc2)cc1.S. The van der Waals surface area contributed by atoms with Crippen molar-refractivity contribution in [2.75, 3.05) is 0 Å². The van der Waals surface area contributed by atoms with Gasteiger partial charge in [0.25, 0.3) is 0 Å². The van der Waals surface area contributed by atoms with Gasteiger partial charge in [0.1, 0.15) is 10.6 Å². The van der Waals surface area contributed by atoms with Crippen LogP contribution in [0.25, 0.3) is 0 Å². The van der Waals surface area contributed by atoms with Crippen molar-refractivity contribution < 1.29 is 12.6 Å². The molecule has 2 N–H and O–H groups in total. The van der Waals surface area contributed by atoms with E-state index in [2.05, 4.69) is 0 Å². The summed E-state index contributed by atoms with van der Waals surface area (Å²) in [6.45, 7) is 2.30. The van der Waals surface area contributed by atoms with Crippen molar-refractivity contribution in [3.05, 3.63) is 59.7 Å². The van der Waals surface area contributed by atoms with E-state index in [1.165, 1.54) is 12.1 Å². The largest absolute Gasteiger partial charge is 0.379 e. The Hall–Kier alpha value is -1.50. The quantitative estimate of drug-likeness (QED) is 0.880. The Balaban J connectivity index is 0.00000200. The fraction of sp³-hybridized carbons (Fsp3) is 0.143. The Labute approximate surface area is 126 Å². The van der Waals surface area contributed by atoms with Gasteiger partial charge in [0, 0.05) is 6.54 Å². The molecule has 0 saturated heterocycles. The molecule has 0 aliphatic heterocycles. The first-order chi connectivity index (χ1) is 9.01. The summed E-state index contributed by atoms with van der Waals surface area (Å²) in [6, 6.07) is 13.2. The highest BCUT2D eigenvalue weighted by atomic mass is 32.2. The van der Waals surface area contributed by atoms with Crippen molar-refractivity contribution in [1.82, 2.24) is 0 Å². The zero-order chi connectivity index (χ0) is 13.9. The molecule has 6 heteroatoms. The minimum atomic E-state index is -3.78. The van der Waals surface area contributed by atoms with Crippen LogP contribution in [0.15, 0.2) is 53.4 Å². The lowest BCUT2D eigenvalue weighted by atomic mass is 10.2. The van der Waals surface area contributed by atoms with E-state index < -0.39 is 10.1 Å². The normalized spacial score (nSPS) is 10.7. The fourth-order valence-corrected chi connectivity index (χ4v) is 2.49. The smallest absolute Gasteiger partial charge is 0.339 e. The number of rotatable bonds is 4. The van der Waals surface area contributed by atoms with Gasteiger partial charge in [-0.15, -0.1) is 0 Å². The van der Waals surface area contributed by atoms with Gasteiger partial charge in [0.2, 0.25) is 0 Å². The van der Waals surface area contributed by atoms with E-state index in [9.17, 15) is 8.42 Å². The molecule has 4 nitrogen and oxygen atoms in total. The standard InChI is InChI=1S/C14H15NO3S.H2S/c1-11-2-8-14(9-3-11)19(16,17)18-13-6-4-12(10-15)5-7-13;/h2-9H,10,15H2,1H3;1H2. The van der Waals surface area contributed by atoms with Crippen LogP contribution in [0, 0.1) is 6.92 Å². The molecule has 108 valence electrons. The molecule has 0 amide bonds. The first kappa shape index (κ1) is 16.6. The molecule has 0 spiro atoms. The van der Waals surface area contributed by atoms with E-state index in [0.717, 1.165) is 11.1 Å². The molecule has 0 aliphatic carbocycles. The third-order valence-electron chi connectivity index (χ3n) is 2.67. The van der Waals surface area contributed by atoms with Gasteiger partial charge in [0.15, 0.2) is 0 Å². The van der Waals surface area contributed by atoms with Crippen molar-refractivity contribution in [3.63, 3.8) is 0 Å². The maximum atomic E-state index is 12.0. The van der Waals surface area contributed by atoms with Crippen molar-refractivity contribution in [2.45, 2.75) is 18.4 Å². The Kier molecular flexibility index (Phi) is 5.62. The maximum absolute atomic E-state index is 12.0. The molecule has 0 atom stereocenters. The summed E-state index contributed by atoms with van der Waals surface area (Å²) in [4.78, 5) is 0.140. The minimum absolute atomic E-state index is 0. The summed E-state index contributed by atoms with van der Waals surface area (Å²) in [5, 5.41) is 0. The Morgan fingerprint density at radius 1 is 1.00 bits per heavy atom. The van der Waals surface area contributed by atoms with Crippen LogP contribution < -0.4 is 9.92 Å². The summed E-state index contributed by atoms with van der Waals surface area (Å²) < 4.78 is 29.1. The third kappa shape index (κ3) is 4.00. The van der Waals surface area contributed by atoms with E-state index in [4.69, 9.17) is 9.92 Å².